The number of aliphatic hydroxyl groups excluding tert-OH is 3. The molecule has 2 saturated carbocycles. The van der Waals surface area contributed by atoms with E-state index in [-0.39, 0.29) is 6.10 Å². The van der Waals surface area contributed by atoms with E-state index < -0.39 is 12.2 Å². The quantitative estimate of drug-likeness (QED) is 0.654. The molecule has 3 heteroatoms. The normalized spacial score (nSPS) is 52.4. The predicted octanol–water partition coefficient (Wildman–Crippen LogP) is 1.55. The molecule has 0 aromatic rings. The number of hydrogen-bond acceptors (Lipinski definition) is 3. The van der Waals surface area contributed by atoms with E-state index in [0.29, 0.717) is 23.7 Å². The highest BCUT2D eigenvalue weighted by Crippen LogP contribution is 2.44. The minimum atomic E-state index is -0.546. The van der Waals surface area contributed by atoms with Crippen LogP contribution in [0.2, 0.25) is 0 Å². The zero-order valence-electron chi connectivity index (χ0n) is 10.9. The molecule has 2 rings (SSSR count). The van der Waals surface area contributed by atoms with E-state index >= 15 is 0 Å². The average molecular weight is 242 g/mol. The lowest BCUT2D eigenvalue weighted by Crippen LogP contribution is -2.43. The summed E-state index contributed by atoms with van der Waals surface area (Å²) in [5.74, 6) is 2.14. The average Bonchev–Trinajstić information content (AvgIpc) is 2.24. The molecule has 7 atom stereocenters. The van der Waals surface area contributed by atoms with Crippen molar-refractivity contribution in [3.8, 4) is 0 Å². The Balaban J connectivity index is 2.01. The van der Waals surface area contributed by atoms with Gasteiger partial charge in [-0.25, -0.2) is 0 Å². The molecule has 7 unspecified atom stereocenters. The summed E-state index contributed by atoms with van der Waals surface area (Å²) in [6.07, 6.45) is 3.10. The zero-order chi connectivity index (χ0) is 12.6. The van der Waals surface area contributed by atoms with Gasteiger partial charge in [0.05, 0.1) is 18.3 Å². The second-order valence-corrected chi connectivity index (χ2v) is 6.36. The van der Waals surface area contributed by atoms with Gasteiger partial charge in [-0.1, -0.05) is 13.8 Å². The molecule has 3 N–H and O–H groups in total. The first-order valence-electron chi connectivity index (χ1n) is 7.03. The van der Waals surface area contributed by atoms with Gasteiger partial charge in [0.1, 0.15) is 0 Å². The summed E-state index contributed by atoms with van der Waals surface area (Å²) in [5.41, 5.74) is 0. The molecule has 0 aromatic carbocycles. The minimum Gasteiger partial charge on any atom is -0.393 e. The zero-order valence-corrected chi connectivity index (χ0v) is 10.9. The third-order valence-corrected chi connectivity index (χ3v) is 5.06. The lowest BCUT2D eigenvalue weighted by atomic mass is 9.63. The SMILES string of the molecule is CC1CC(O)CCC1C1CC(O)C(O)CC1C. The maximum atomic E-state index is 9.84. The van der Waals surface area contributed by atoms with Gasteiger partial charge < -0.3 is 15.3 Å². The summed E-state index contributed by atoms with van der Waals surface area (Å²) in [6.45, 7) is 4.41. The predicted molar refractivity (Wildman–Crippen MR) is 66.4 cm³/mol. The summed E-state index contributed by atoms with van der Waals surface area (Å²) in [5, 5.41) is 29.2. The smallest absolute Gasteiger partial charge is 0.0802 e. The first-order valence-corrected chi connectivity index (χ1v) is 7.03. The van der Waals surface area contributed by atoms with E-state index in [1.165, 1.54) is 0 Å². The van der Waals surface area contributed by atoms with E-state index in [9.17, 15) is 15.3 Å². The van der Waals surface area contributed by atoms with Crippen LogP contribution in [0.4, 0.5) is 0 Å². The molecule has 2 aliphatic rings. The Bertz CT molecular complexity index is 256. The fourth-order valence-corrected chi connectivity index (χ4v) is 4.01. The monoisotopic (exact) mass is 242 g/mol. The highest BCUT2D eigenvalue weighted by Gasteiger charge is 2.40. The Morgan fingerprint density at radius 3 is 1.94 bits per heavy atom. The molecule has 0 saturated heterocycles. The Labute approximate surface area is 104 Å². The van der Waals surface area contributed by atoms with Crippen LogP contribution in [-0.2, 0) is 0 Å². The van der Waals surface area contributed by atoms with Crippen LogP contribution in [-0.4, -0.2) is 33.6 Å². The maximum absolute atomic E-state index is 9.84. The summed E-state index contributed by atoms with van der Waals surface area (Å²) in [6, 6.07) is 0. The van der Waals surface area contributed by atoms with Crippen LogP contribution in [0.1, 0.15) is 46.0 Å². The van der Waals surface area contributed by atoms with Crippen molar-refractivity contribution in [3.05, 3.63) is 0 Å². The van der Waals surface area contributed by atoms with Crippen molar-refractivity contribution in [1.29, 1.82) is 0 Å². The van der Waals surface area contributed by atoms with Crippen LogP contribution in [0.5, 0.6) is 0 Å². The van der Waals surface area contributed by atoms with E-state index in [1.807, 2.05) is 0 Å². The third kappa shape index (κ3) is 2.83. The van der Waals surface area contributed by atoms with Gasteiger partial charge in [-0.15, -0.1) is 0 Å². The summed E-state index contributed by atoms with van der Waals surface area (Å²) >= 11 is 0. The second kappa shape index (κ2) is 5.25. The van der Waals surface area contributed by atoms with E-state index in [1.54, 1.807) is 0 Å². The van der Waals surface area contributed by atoms with Crippen LogP contribution >= 0.6 is 0 Å². The Kier molecular flexibility index (Phi) is 4.11. The third-order valence-electron chi connectivity index (χ3n) is 5.06. The van der Waals surface area contributed by atoms with Crippen LogP contribution in [0.15, 0.2) is 0 Å². The van der Waals surface area contributed by atoms with Crippen LogP contribution in [0, 0.1) is 23.7 Å². The van der Waals surface area contributed by atoms with E-state index in [2.05, 4.69) is 13.8 Å². The van der Waals surface area contributed by atoms with Gasteiger partial charge in [-0.3, -0.25) is 0 Å². The fraction of sp³-hybridized carbons (Fsp3) is 1.00. The number of hydrogen-bond donors (Lipinski definition) is 3. The van der Waals surface area contributed by atoms with Crippen LogP contribution in [0.25, 0.3) is 0 Å². The summed E-state index contributed by atoms with van der Waals surface area (Å²) in [4.78, 5) is 0. The molecule has 100 valence electrons. The lowest BCUT2D eigenvalue weighted by Gasteiger charge is -2.44. The Morgan fingerprint density at radius 1 is 0.706 bits per heavy atom. The van der Waals surface area contributed by atoms with Gasteiger partial charge >= 0.3 is 0 Å². The molecule has 2 fully saturated rings. The lowest BCUT2D eigenvalue weighted by molar-refractivity contribution is -0.0707. The van der Waals surface area contributed by atoms with Gasteiger partial charge in [0.15, 0.2) is 0 Å². The number of aliphatic hydroxyl groups is 3. The second-order valence-electron chi connectivity index (χ2n) is 6.36. The molecular weight excluding hydrogens is 216 g/mol. The van der Waals surface area contributed by atoms with Crippen LogP contribution < -0.4 is 0 Å². The molecule has 0 aromatic heterocycles. The molecule has 0 heterocycles. The molecule has 0 spiro atoms. The van der Waals surface area contributed by atoms with E-state index in [0.717, 1.165) is 32.1 Å². The van der Waals surface area contributed by atoms with Crippen molar-refractivity contribution in [3.63, 3.8) is 0 Å². The topological polar surface area (TPSA) is 60.7 Å². The molecular formula is C14H26O3. The minimum absolute atomic E-state index is 0.129. The summed E-state index contributed by atoms with van der Waals surface area (Å²) < 4.78 is 0. The molecule has 2 aliphatic carbocycles. The fourth-order valence-electron chi connectivity index (χ4n) is 4.01. The first-order chi connectivity index (χ1) is 7.99. The molecule has 17 heavy (non-hydrogen) atoms. The van der Waals surface area contributed by atoms with Gasteiger partial charge in [-0.2, -0.15) is 0 Å². The maximum Gasteiger partial charge on any atom is 0.0802 e. The van der Waals surface area contributed by atoms with E-state index in [4.69, 9.17) is 0 Å². The van der Waals surface area contributed by atoms with Crippen molar-refractivity contribution in [2.75, 3.05) is 0 Å². The first kappa shape index (κ1) is 13.3. The van der Waals surface area contributed by atoms with Crippen molar-refractivity contribution in [2.24, 2.45) is 23.7 Å². The molecule has 0 aliphatic heterocycles. The van der Waals surface area contributed by atoms with Crippen molar-refractivity contribution >= 4 is 0 Å². The molecule has 0 bridgehead atoms. The number of rotatable bonds is 1. The molecule has 3 nitrogen and oxygen atoms in total. The van der Waals surface area contributed by atoms with Crippen molar-refractivity contribution in [2.45, 2.75) is 64.3 Å². The van der Waals surface area contributed by atoms with Gasteiger partial charge in [0, 0.05) is 0 Å². The Morgan fingerprint density at radius 2 is 1.29 bits per heavy atom. The largest absolute Gasteiger partial charge is 0.393 e. The summed E-state index contributed by atoms with van der Waals surface area (Å²) in [7, 11) is 0. The van der Waals surface area contributed by atoms with Crippen molar-refractivity contribution < 1.29 is 15.3 Å². The molecule has 0 radical (unpaired) electrons. The standard InChI is InChI=1S/C14H26O3/c1-8-5-10(15)3-4-11(8)12-7-14(17)13(16)6-9(12)2/h8-17H,3-7H2,1-2H3. The van der Waals surface area contributed by atoms with Gasteiger partial charge in [-0.05, 0) is 55.8 Å². The Hall–Kier alpha value is -0.120. The van der Waals surface area contributed by atoms with Gasteiger partial charge in [0.2, 0.25) is 0 Å². The van der Waals surface area contributed by atoms with Crippen molar-refractivity contribution in [1.82, 2.24) is 0 Å². The van der Waals surface area contributed by atoms with Gasteiger partial charge in [0.25, 0.3) is 0 Å². The van der Waals surface area contributed by atoms with Crippen LogP contribution in [0.3, 0.4) is 0 Å². The highest BCUT2D eigenvalue weighted by atomic mass is 16.3. The molecule has 0 amide bonds. The highest BCUT2D eigenvalue weighted by molar-refractivity contribution is 4.91.